The largest absolute Gasteiger partial charge is 0.480 e. The molecule has 6 N–H and O–H groups in total. The molecule has 2 rings (SSSR count). The molecule has 0 saturated heterocycles. The first-order valence-corrected chi connectivity index (χ1v) is 11.6. The molecule has 0 bridgehead atoms. The number of hydrogen-bond acceptors (Lipinski definition) is 5. The van der Waals surface area contributed by atoms with E-state index in [-0.39, 0.29) is 12.3 Å². The molecule has 188 valence electrons. The number of rotatable bonds is 13. The molecule has 0 saturated carbocycles. The first kappa shape index (κ1) is 27.5. The molecule has 3 amide bonds. The highest BCUT2D eigenvalue weighted by molar-refractivity contribution is 5.92. The molecule has 9 nitrogen and oxygen atoms in total. The second-order valence-electron chi connectivity index (χ2n) is 8.53. The highest BCUT2D eigenvalue weighted by Gasteiger charge is 2.28. The Morgan fingerprint density at radius 2 is 1.40 bits per heavy atom. The van der Waals surface area contributed by atoms with Crippen LogP contribution in [0.25, 0.3) is 0 Å². The monoisotopic (exact) mass is 482 g/mol. The Kier molecular flexibility index (Phi) is 10.9. The SMILES string of the molecule is CCC(C)C(NC(=O)C(N)Cc1ccccc1)C(=O)NCC(=O)NC(Cc1ccccc1)C(=O)O. The fourth-order valence-electron chi connectivity index (χ4n) is 3.50. The number of carboxylic acids is 1. The molecule has 4 atom stereocenters. The van der Waals surface area contributed by atoms with Crippen molar-refractivity contribution in [1.82, 2.24) is 16.0 Å². The van der Waals surface area contributed by atoms with Crippen LogP contribution in [0.15, 0.2) is 60.7 Å². The number of amides is 3. The van der Waals surface area contributed by atoms with Gasteiger partial charge in [-0.25, -0.2) is 4.79 Å². The topological polar surface area (TPSA) is 151 Å². The minimum atomic E-state index is -1.18. The normalized spacial score (nSPS) is 14.1. The van der Waals surface area contributed by atoms with Gasteiger partial charge in [-0.2, -0.15) is 0 Å². The second kappa shape index (κ2) is 13.9. The molecule has 0 aliphatic heterocycles. The molecule has 0 heterocycles. The number of carbonyl (C=O) groups is 4. The van der Waals surface area contributed by atoms with Crippen LogP contribution < -0.4 is 21.7 Å². The number of aliphatic carboxylic acids is 1. The van der Waals surface area contributed by atoms with Crippen LogP contribution in [0.1, 0.15) is 31.4 Å². The second-order valence-corrected chi connectivity index (χ2v) is 8.53. The number of hydrogen-bond donors (Lipinski definition) is 5. The molecule has 0 aliphatic rings. The van der Waals surface area contributed by atoms with Gasteiger partial charge in [-0.1, -0.05) is 80.9 Å². The summed E-state index contributed by atoms with van der Waals surface area (Å²) in [6.45, 7) is 3.28. The Hall–Kier alpha value is -3.72. The summed E-state index contributed by atoms with van der Waals surface area (Å²) >= 11 is 0. The van der Waals surface area contributed by atoms with Crippen LogP contribution in [0, 0.1) is 5.92 Å². The van der Waals surface area contributed by atoms with Gasteiger partial charge in [0.25, 0.3) is 0 Å². The summed E-state index contributed by atoms with van der Waals surface area (Å²) in [5, 5.41) is 17.1. The Labute approximate surface area is 205 Å². The minimum absolute atomic E-state index is 0.112. The van der Waals surface area contributed by atoms with Gasteiger partial charge in [0.1, 0.15) is 12.1 Å². The van der Waals surface area contributed by atoms with Crippen molar-refractivity contribution in [2.75, 3.05) is 6.54 Å². The van der Waals surface area contributed by atoms with E-state index in [0.717, 1.165) is 11.1 Å². The predicted molar refractivity (Wildman–Crippen MR) is 132 cm³/mol. The third-order valence-electron chi connectivity index (χ3n) is 5.77. The van der Waals surface area contributed by atoms with Crippen molar-refractivity contribution in [2.24, 2.45) is 11.7 Å². The zero-order chi connectivity index (χ0) is 25.8. The predicted octanol–water partition coefficient (Wildman–Crippen LogP) is 1.02. The molecule has 0 radical (unpaired) electrons. The van der Waals surface area contributed by atoms with Gasteiger partial charge in [0.05, 0.1) is 12.6 Å². The zero-order valence-electron chi connectivity index (χ0n) is 20.1. The van der Waals surface area contributed by atoms with E-state index < -0.39 is 48.4 Å². The molecule has 9 heteroatoms. The summed E-state index contributed by atoms with van der Waals surface area (Å²) in [6.07, 6.45) is 1.04. The smallest absolute Gasteiger partial charge is 0.326 e. The lowest BCUT2D eigenvalue weighted by Gasteiger charge is -2.25. The van der Waals surface area contributed by atoms with Crippen molar-refractivity contribution in [3.05, 3.63) is 71.8 Å². The van der Waals surface area contributed by atoms with Gasteiger partial charge in [-0.3, -0.25) is 14.4 Å². The van der Waals surface area contributed by atoms with E-state index in [1.54, 1.807) is 24.3 Å². The van der Waals surface area contributed by atoms with Gasteiger partial charge < -0.3 is 26.8 Å². The van der Waals surface area contributed by atoms with Crippen LogP contribution in [0.3, 0.4) is 0 Å². The molecule has 2 aromatic carbocycles. The fourth-order valence-corrected chi connectivity index (χ4v) is 3.50. The van der Waals surface area contributed by atoms with Gasteiger partial charge in [0, 0.05) is 6.42 Å². The Morgan fingerprint density at radius 1 is 0.857 bits per heavy atom. The Bertz CT molecular complexity index is 984. The van der Waals surface area contributed by atoms with Gasteiger partial charge in [-0.05, 0) is 23.5 Å². The van der Waals surface area contributed by atoms with E-state index in [4.69, 9.17) is 5.73 Å². The fraction of sp³-hybridized carbons (Fsp3) is 0.385. The molecule has 0 fully saturated rings. The van der Waals surface area contributed by atoms with Crippen LogP contribution in [-0.4, -0.2) is 53.5 Å². The zero-order valence-corrected chi connectivity index (χ0v) is 20.1. The van der Waals surface area contributed by atoms with E-state index in [9.17, 15) is 24.3 Å². The molecule has 2 aromatic rings. The standard InChI is InChI=1S/C26H34N4O5/c1-3-17(2)23(30-24(32)20(27)14-18-10-6-4-7-11-18)25(33)28-16-22(31)29-21(26(34)35)15-19-12-8-5-9-13-19/h4-13,17,20-21,23H,3,14-16,27H2,1-2H3,(H,28,33)(H,29,31)(H,30,32)(H,34,35). The van der Waals surface area contributed by atoms with Crippen molar-refractivity contribution < 1.29 is 24.3 Å². The highest BCUT2D eigenvalue weighted by Crippen LogP contribution is 2.09. The first-order chi connectivity index (χ1) is 16.7. The first-order valence-electron chi connectivity index (χ1n) is 11.6. The molecule has 35 heavy (non-hydrogen) atoms. The lowest BCUT2D eigenvalue weighted by Crippen LogP contribution is -2.56. The Balaban J connectivity index is 1.92. The molecular formula is C26H34N4O5. The van der Waals surface area contributed by atoms with E-state index >= 15 is 0 Å². The van der Waals surface area contributed by atoms with Crippen LogP contribution in [0.2, 0.25) is 0 Å². The lowest BCUT2D eigenvalue weighted by atomic mass is 9.97. The maximum Gasteiger partial charge on any atom is 0.326 e. The Morgan fingerprint density at radius 3 is 1.91 bits per heavy atom. The third kappa shape index (κ3) is 9.21. The minimum Gasteiger partial charge on any atom is -0.480 e. The summed E-state index contributed by atoms with van der Waals surface area (Å²) in [5.41, 5.74) is 7.71. The molecular weight excluding hydrogens is 448 g/mol. The van der Waals surface area contributed by atoms with Gasteiger partial charge in [0.15, 0.2) is 0 Å². The summed E-state index contributed by atoms with van der Waals surface area (Å²) in [6, 6.07) is 15.4. The number of nitrogens with two attached hydrogens (primary N) is 1. The van der Waals surface area contributed by atoms with Gasteiger partial charge in [0.2, 0.25) is 17.7 Å². The van der Waals surface area contributed by atoms with Crippen molar-refractivity contribution in [2.45, 2.75) is 51.2 Å². The summed E-state index contributed by atoms with van der Waals surface area (Å²) in [4.78, 5) is 49.4. The van der Waals surface area contributed by atoms with E-state index in [0.29, 0.717) is 12.8 Å². The molecule has 4 unspecified atom stereocenters. The summed E-state index contributed by atoms with van der Waals surface area (Å²) in [5.74, 6) is -3.03. The average molecular weight is 483 g/mol. The van der Waals surface area contributed by atoms with Crippen LogP contribution in [0.5, 0.6) is 0 Å². The quantitative estimate of drug-likeness (QED) is 0.288. The number of carbonyl (C=O) groups excluding carboxylic acids is 3. The third-order valence-corrected chi connectivity index (χ3v) is 5.77. The number of benzene rings is 2. The number of nitrogens with one attached hydrogen (secondary N) is 3. The maximum absolute atomic E-state index is 12.8. The molecule has 0 aromatic heterocycles. The maximum atomic E-state index is 12.8. The van der Waals surface area contributed by atoms with Crippen LogP contribution >= 0.6 is 0 Å². The molecule has 0 aliphatic carbocycles. The van der Waals surface area contributed by atoms with Gasteiger partial charge >= 0.3 is 5.97 Å². The van der Waals surface area contributed by atoms with Crippen LogP contribution in [0.4, 0.5) is 0 Å². The highest BCUT2D eigenvalue weighted by atomic mass is 16.4. The lowest BCUT2D eigenvalue weighted by molar-refractivity contribution is -0.141. The van der Waals surface area contributed by atoms with Crippen molar-refractivity contribution in [3.8, 4) is 0 Å². The molecule has 0 spiro atoms. The van der Waals surface area contributed by atoms with E-state index in [1.165, 1.54) is 0 Å². The van der Waals surface area contributed by atoms with Crippen LogP contribution in [-0.2, 0) is 32.0 Å². The van der Waals surface area contributed by atoms with E-state index in [1.807, 2.05) is 50.2 Å². The van der Waals surface area contributed by atoms with E-state index in [2.05, 4.69) is 16.0 Å². The van der Waals surface area contributed by atoms with Crippen molar-refractivity contribution in [3.63, 3.8) is 0 Å². The summed E-state index contributed by atoms with van der Waals surface area (Å²) < 4.78 is 0. The number of carboxylic acid groups (broad SMARTS) is 1. The van der Waals surface area contributed by atoms with Gasteiger partial charge in [-0.15, -0.1) is 0 Å². The summed E-state index contributed by atoms with van der Waals surface area (Å²) in [7, 11) is 0. The van der Waals surface area contributed by atoms with Crippen molar-refractivity contribution in [1.29, 1.82) is 0 Å². The average Bonchev–Trinajstić information content (AvgIpc) is 2.85. The van der Waals surface area contributed by atoms with Crippen molar-refractivity contribution >= 4 is 23.7 Å².